The van der Waals surface area contributed by atoms with Crippen LogP contribution < -0.4 is 10.1 Å². The maximum absolute atomic E-state index is 12.5. The van der Waals surface area contributed by atoms with Gasteiger partial charge >= 0.3 is 0 Å². The number of halogens is 2. The van der Waals surface area contributed by atoms with Crippen LogP contribution in [0.2, 0.25) is 10.0 Å². The molecule has 34 heavy (non-hydrogen) atoms. The zero-order valence-corrected chi connectivity index (χ0v) is 19.3. The number of furan rings is 1. The van der Waals surface area contributed by atoms with Gasteiger partial charge in [0.05, 0.1) is 11.5 Å². The van der Waals surface area contributed by atoms with E-state index in [0.717, 1.165) is 5.56 Å². The Hall–Kier alpha value is -3.82. The second kappa shape index (κ2) is 9.98. The van der Waals surface area contributed by atoms with E-state index in [1.165, 1.54) is 18.2 Å². The zero-order chi connectivity index (χ0) is 24.2. The van der Waals surface area contributed by atoms with Gasteiger partial charge in [-0.1, -0.05) is 29.3 Å². The third-order valence-corrected chi connectivity index (χ3v) is 5.60. The van der Waals surface area contributed by atoms with Crippen molar-refractivity contribution < 1.29 is 18.9 Å². The van der Waals surface area contributed by atoms with E-state index in [1.807, 2.05) is 0 Å². The number of hydrogen-bond donors (Lipinski definition) is 1. The van der Waals surface area contributed by atoms with Crippen LogP contribution in [0.3, 0.4) is 0 Å². The lowest BCUT2D eigenvalue weighted by Gasteiger charge is -2.07. The van der Waals surface area contributed by atoms with E-state index in [0.29, 0.717) is 39.5 Å². The summed E-state index contributed by atoms with van der Waals surface area (Å²) in [4.78, 5) is 23.0. The SMILES string of the molecule is Cc1cc(OCc2ccc(C(=O)Nc3ccn(Cc4c(Cl)cccc4Cl)n3)o2)ccc1[N+](=O)[O-]. The van der Waals surface area contributed by atoms with Crippen molar-refractivity contribution in [1.82, 2.24) is 9.78 Å². The average molecular weight is 501 g/mol. The van der Waals surface area contributed by atoms with Crippen LogP contribution in [0.4, 0.5) is 11.5 Å². The predicted octanol–water partition coefficient (Wildman–Crippen LogP) is 5.88. The largest absolute Gasteiger partial charge is 0.486 e. The molecule has 2 aromatic carbocycles. The Bertz CT molecular complexity index is 1340. The van der Waals surface area contributed by atoms with Crippen LogP contribution in [0.25, 0.3) is 0 Å². The normalized spacial score (nSPS) is 10.8. The van der Waals surface area contributed by atoms with Gasteiger partial charge in [-0.25, -0.2) is 0 Å². The number of anilines is 1. The standard InChI is InChI=1S/C23H18Cl2N4O5/c1-14-11-15(5-7-20(14)29(31)32)33-13-16-6-8-21(34-16)23(30)26-22-9-10-28(27-22)12-17-18(24)3-2-4-19(17)25/h2-11H,12-13H2,1H3,(H,26,27,30). The molecule has 9 nitrogen and oxygen atoms in total. The Balaban J connectivity index is 1.35. The molecule has 0 aliphatic rings. The molecule has 2 heterocycles. The molecule has 0 saturated carbocycles. The van der Waals surface area contributed by atoms with Gasteiger partial charge in [0, 0.05) is 39.5 Å². The summed E-state index contributed by atoms with van der Waals surface area (Å²) >= 11 is 12.4. The van der Waals surface area contributed by atoms with E-state index in [9.17, 15) is 14.9 Å². The first-order valence-electron chi connectivity index (χ1n) is 10.0. The Labute approximate surface area is 204 Å². The van der Waals surface area contributed by atoms with Gasteiger partial charge < -0.3 is 14.5 Å². The molecule has 1 N–H and O–H groups in total. The van der Waals surface area contributed by atoms with E-state index < -0.39 is 10.8 Å². The van der Waals surface area contributed by atoms with Crippen LogP contribution >= 0.6 is 23.2 Å². The predicted molar refractivity (Wildman–Crippen MR) is 127 cm³/mol. The number of benzene rings is 2. The lowest BCUT2D eigenvalue weighted by Crippen LogP contribution is -2.12. The highest BCUT2D eigenvalue weighted by Crippen LogP contribution is 2.26. The quantitative estimate of drug-likeness (QED) is 0.238. The number of nitro groups is 1. The molecule has 0 spiro atoms. The second-order valence-corrected chi connectivity index (χ2v) is 8.13. The fourth-order valence-corrected chi connectivity index (χ4v) is 3.71. The molecule has 0 unspecified atom stereocenters. The summed E-state index contributed by atoms with van der Waals surface area (Å²) < 4.78 is 12.8. The molecule has 0 bridgehead atoms. The number of nitro benzene ring substituents is 1. The molecule has 0 saturated heterocycles. The molecule has 11 heteroatoms. The zero-order valence-electron chi connectivity index (χ0n) is 17.8. The summed E-state index contributed by atoms with van der Waals surface area (Å²) in [5, 5.41) is 19.0. The summed E-state index contributed by atoms with van der Waals surface area (Å²) in [5.74, 6) is 0.819. The first kappa shape index (κ1) is 23.3. The fourth-order valence-electron chi connectivity index (χ4n) is 3.19. The van der Waals surface area contributed by atoms with Crippen LogP contribution in [-0.2, 0) is 13.2 Å². The topological polar surface area (TPSA) is 112 Å². The molecular weight excluding hydrogens is 483 g/mol. The van der Waals surface area contributed by atoms with Crippen molar-refractivity contribution in [3.8, 4) is 5.75 Å². The Morgan fingerprint density at radius 2 is 1.94 bits per heavy atom. The number of nitrogens with zero attached hydrogens (tertiary/aromatic N) is 3. The minimum Gasteiger partial charge on any atom is -0.486 e. The number of aryl methyl sites for hydroxylation is 1. The van der Waals surface area contributed by atoms with Gasteiger partial charge in [-0.05, 0) is 43.3 Å². The van der Waals surface area contributed by atoms with E-state index >= 15 is 0 Å². The summed E-state index contributed by atoms with van der Waals surface area (Å²) in [7, 11) is 0. The molecule has 2 aromatic heterocycles. The first-order valence-corrected chi connectivity index (χ1v) is 10.8. The van der Waals surface area contributed by atoms with E-state index in [4.69, 9.17) is 32.4 Å². The van der Waals surface area contributed by atoms with Gasteiger partial charge in [-0.3, -0.25) is 19.6 Å². The summed E-state index contributed by atoms with van der Waals surface area (Å²) in [6.45, 7) is 2.03. The molecule has 174 valence electrons. The van der Waals surface area contributed by atoms with Crippen molar-refractivity contribution in [2.24, 2.45) is 0 Å². The van der Waals surface area contributed by atoms with Crippen LogP contribution in [0.1, 0.15) is 27.4 Å². The number of amides is 1. The highest BCUT2D eigenvalue weighted by atomic mass is 35.5. The molecule has 1 amide bonds. The minimum atomic E-state index is -0.474. The van der Waals surface area contributed by atoms with Crippen LogP contribution in [0.15, 0.2) is 65.2 Å². The highest BCUT2D eigenvalue weighted by Gasteiger charge is 2.15. The second-order valence-electron chi connectivity index (χ2n) is 7.31. The molecular formula is C23H18Cl2N4O5. The van der Waals surface area contributed by atoms with Crippen LogP contribution in [0, 0.1) is 17.0 Å². The van der Waals surface area contributed by atoms with Gasteiger partial charge in [0.15, 0.2) is 11.6 Å². The molecule has 4 rings (SSSR count). The van der Waals surface area contributed by atoms with Crippen molar-refractivity contribution in [2.75, 3.05) is 5.32 Å². The minimum absolute atomic E-state index is 0.0155. The Morgan fingerprint density at radius 3 is 2.65 bits per heavy atom. The molecule has 0 fully saturated rings. The fraction of sp³-hybridized carbons (Fsp3) is 0.130. The summed E-state index contributed by atoms with van der Waals surface area (Å²) in [6.07, 6.45) is 1.70. The summed E-state index contributed by atoms with van der Waals surface area (Å²) in [6, 6.07) is 14.5. The van der Waals surface area contributed by atoms with Gasteiger partial charge in [-0.15, -0.1) is 0 Å². The van der Waals surface area contributed by atoms with E-state index in [1.54, 1.807) is 54.2 Å². The highest BCUT2D eigenvalue weighted by molar-refractivity contribution is 6.35. The van der Waals surface area contributed by atoms with Gasteiger partial charge in [0.2, 0.25) is 0 Å². The first-order chi connectivity index (χ1) is 16.3. The smallest absolute Gasteiger partial charge is 0.292 e. The number of carbonyl (C=O) groups excluding carboxylic acids is 1. The van der Waals surface area contributed by atoms with Gasteiger partial charge in [-0.2, -0.15) is 5.10 Å². The van der Waals surface area contributed by atoms with E-state index in [2.05, 4.69) is 10.4 Å². The number of hydrogen-bond acceptors (Lipinski definition) is 6. The van der Waals surface area contributed by atoms with Crippen molar-refractivity contribution in [3.05, 3.63) is 104 Å². The van der Waals surface area contributed by atoms with Crippen LogP contribution in [-0.4, -0.2) is 20.6 Å². The number of ether oxygens (including phenoxy) is 1. The third-order valence-electron chi connectivity index (χ3n) is 4.90. The molecule has 4 aromatic rings. The number of nitrogens with one attached hydrogen (secondary N) is 1. The van der Waals surface area contributed by atoms with Gasteiger partial charge in [0.25, 0.3) is 11.6 Å². The lowest BCUT2D eigenvalue weighted by atomic mass is 10.2. The Kier molecular flexibility index (Phi) is 6.85. The molecule has 0 aliphatic carbocycles. The van der Waals surface area contributed by atoms with Crippen molar-refractivity contribution >= 4 is 40.6 Å². The Morgan fingerprint density at radius 1 is 1.18 bits per heavy atom. The van der Waals surface area contributed by atoms with Crippen molar-refractivity contribution in [3.63, 3.8) is 0 Å². The monoisotopic (exact) mass is 500 g/mol. The maximum atomic E-state index is 12.5. The molecule has 0 atom stereocenters. The van der Waals surface area contributed by atoms with E-state index in [-0.39, 0.29) is 18.1 Å². The number of rotatable bonds is 8. The van der Waals surface area contributed by atoms with Gasteiger partial charge in [0.1, 0.15) is 18.1 Å². The summed E-state index contributed by atoms with van der Waals surface area (Å²) in [5.41, 5.74) is 1.23. The van der Waals surface area contributed by atoms with Crippen LogP contribution in [0.5, 0.6) is 5.75 Å². The molecule has 0 aliphatic heterocycles. The number of aromatic nitrogens is 2. The van der Waals surface area contributed by atoms with Crippen molar-refractivity contribution in [2.45, 2.75) is 20.1 Å². The average Bonchev–Trinajstić information content (AvgIpc) is 3.44. The third kappa shape index (κ3) is 5.38. The molecule has 0 radical (unpaired) electrons. The van der Waals surface area contributed by atoms with Crippen molar-refractivity contribution in [1.29, 1.82) is 0 Å². The maximum Gasteiger partial charge on any atom is 0.292 e. The lowest BCUT2D eigenvalue weighted by molar-refractivity contribution is -0.385. The number of carbonyl (C=O) groups is 1.